The molecule has 0 fully saturated rings. The third-order valence-electron chi connectivity index (χ3n) is 2.70. The van der Waals surface area contributed by atoms with Crippen molar-refractivity contribution in [2.24, 2.45) is 0 Å². The van der Waals surface area contributed by atoms with Crippen molar-refractivity contribution < 1.29 is 9.84 Å². The summed E-state index contributed by atoms with van der Waals surface area (Å²) >= 11 is 5.05. The van der Waals surface area contributed by atoms with Gasteiger partial charge in [0.1, 0.15) is 12.4 Å². The van der Waals surface area contributed by atoms with Crippen LogP contribution in [-0.2, 0) is 13.0 Å². The van der Waals surface area contributed by atoms with Crippen LogP contribution < -0.4 is 4.74 Å². The number of benzene rings is 1. The molecule has 1 N–H and O–H groups in total. The minimum absolute atomic E-state index is 0.428. The Kier molecular flexibility index (Phi) is 4.96. The number of aryl methyl sites for hydroxylation is 1. The summed E-state index contributed by atoms with van der Waals surface area (Å²) in [7, 11) is 0. The van der Waals surface area contributed by atoms with Gasteiger partial charge in [-0.05, 0) is 31.5 Å². The fourth-order valence-electron chi connectivity index (χ4n) is 1.71. The molecule has 0 aliphatic rings. The summed E-state index contributed by atoms with van der Waals surface area (Å²) in [6.07, 6.45) is 0.385. The highest BCUT2D eigenvalue weighted by Gasteiger charge is 2.10. The van der Waals surface area contributed by atoms with Crippen molar-refractivity contribution in [1.29, 1.82) is 0 Å². The van der Waals surface area contributed by atoms with Gasteiger partial charge in [-0.3, -0.25) is 0 Å². The number of halogens is 1. The van der Waals surface area contributed by atoms with E-state index in [0.717, 1.165) is 27.2 Å². The lowest BCUT2D eigenvalue weighted by molar-refractivity contribution is 0.189. The first kappa shape index (κ1) is 14.5. The molecule has 0 saturated carbocycles. The molecule has 5 heteroatoms. The molecule has 1 unspecified atom stereocenters. The predicted molar refractivity (Wildman–Crippen MR) is 80.6 cm³/mol. The van der Waals surface area contributed by atoms with Gasteiger partial charge in [-0.25, -0.2) is 4.98 Å². The van der Waals surface area contributed by atoms with Crippen molar-refractivity contribution in [3.8, 4) is 5.75 Å². The number of rotatable bonds is 5. The van der Waals surface area contributed by atoms with Crippen molar-refractivity contribution in [3.63, 3.8) is 0 Å². The summed E-state index contributed by atoms with van der Waals surface area (Å²) in [5.74, 6) is 0.698. The summed E-state index contributed by atoms with van der Waals surface area (Å²) in [5, 5.41) is 12.9. The standard InChI is InChI=1S/C14H16BrNO2S/c1-3-14-16-11(8-19-14)7-18-13-5-4-10(15)6-12(13)9(2)17/h4-6,8-9,17H,3,7H2,1-2H3. The van der Waals surface area contributed by atoms with Crippen LogP contribution in [0.3, 0.4) is 0 Å². The lowest BCUT2D eigenvalue weighted by Crippen LogP contribution is -2.01. The van der Waals surface area contributed by atoms with Crippen LogP contribution in [0.1, 0.15) is 36.2 Å². The highest BCUT2D eigenvalue weighted by atomic mass is 79.9. The first-order chi connectivity index (χ1) is 9.10. The Bertz CT molecular complexity index is 554. The molecule has 0 spiro atoms. The normalized spacial score (nSPS) is 12.4. The fraction of sp³-hybridized carbons (Fsp3) is 0.357. The van der Waals surface area contributed by atoms with Crippen LogP contribution in [0.5, 0.6) is 5.75 Å². The Morgan fingerprint density at radius 3 is 2.89 bits per heavy atom. The maximum Gasteiger partial charge on any atom is 0.131 e. The maximum absolute atomic E-state index is 9.75. The topological polar surface area (TPSA) is 42.4 Å². The summed E-state index contributed by atoms with van der Waals surface area (Å²) in [6, 6.07) is 5.64. The quantitative estimate of drug-likeness (QED) is 0.890. The van der Waals surface area contributed by atoms with Crippen molar-refractivity contribution in [2.45, 2.75) is 33.0 Å². The molecule has 102 valence electrons. The number of ether oxygens (including phenoxy) is 1. The summed E-state index contributed by atoms with van der Waals surface area (Å²) in [6.45, 7) is 4.24. The van der Waals surface area contributed by atoms with E-state index in [-0.39, 0.29) is 0 Å². The summed E-state index contributed by atoms with van der Waals surface area (Å²) in [5.41, 5.74) is 1.71. The average molecular weight is 342 g/mol. The SMILES string of the molecule is CCc1nc(COc2ccc(Br)cc2C(C)O)cs1. The zero-order chi connectivity index (χ0) is 13.8. The van der Waals surface area contributed by atoms with Crippen molar-refractivity contribution in [1.82, 2.24) is 4.98 Å². The van der Waals surface area contributed by atoms with Gasteiger partial charge >= 0.3 is 0 Å². The molecule has 0 bridgehead atoms. The second kappa shape index (κ2) is 6.50. The third kappa shape index (κ3) is 3.78. The first-order valence-corrected chi connectivity index (χ1v) is 7.81. The summed E-state index contributed by atoms with van der Waals surface area (Å²) < 4.78 is 6.69. The molecule has 1 heterocycles. The van der Waals surface area contributed by atoms with Gasteiger partial charge in [0.25, 0.3) is 0 Å². The molecule has 19 heavy (non-hydrogen) atoms. The van der Waals surface area contributed by atoms with Crippen LogP contribution in [0.25, 0.3) is 0 Å². The third-order valence-corrected chi connectivity index (χ3v) is 4.23. The molecule has 3 nitrogen and oxygen atoms in total. The lowest BCUT2D eigenvalue weighted by atomic mass is 10.1. The molecule has 0 amide bonds. The van der Waals surface area contributed by atoms with Gasteiger partial charge in [0, 0.05) is 15.4 Å². The number of nitrogens with zero attached hydrogens (tertiary/aromatic N) is 1. The second-order valence-electron chi connectivity index (χ2n) is 4.23. The fourth-order valence-corrected chi connectivity index (χ4v) is 2.81. The van der Waals surface area contributed by atoms with Crippen LogP contribution in [0.4, 0.5) is 0 Å². The zero-order valence-electron chi connectivity index (χ0n) is 10.9. The van der Waals surface area contributed by atoms with E-state index in [1.54, 1.807) is 18.3 Å². The van der Waals surface area contributed by atoms with E-state index in [1.165, 1.54) is 0 Å². The van der Waals surface area contributed by atoms with Gasteiger partial charge in [0.2, 0.25) is 0 Å². The molecule has 0 aliphatic carbocycles. The van der Waals surface area contributed by atoms with E-state index >= 15 is 0 Å². The molecule has 1 atom stereocenters. The van der Waals surface area contributed by atoms with Crippen molar-refractivity contribution in [2.75, 3.05) is 0 Å². The Morgan fingerprint density at radius 2 is 2.26 bits per heavy atom. The average Bonchev–Trinajstić information content (AvgIpc) is 2.85. The van der Waals surface area contributed by atoms with Crippen molar-refractivity contribution in [3.05, 3.63) is 44.3 Å². The Hall–Kier alpha value is -0.910. The Morgan fingerprint density at radius 1 is 1.47 bits per heavy atom. The second-order valence-corrected chi connectivity index (χ2v) is 6.09. The van der Waals surface area contributed by atoms with Crippen LogP contribution in [0.15, 0.2) is 28.1 Å². The molecule has 2 aromatic rings. The smallest absolute Gasteiger partial charge is 0.131 e. The molecule has 0 aliphatic heterocycles. The molecule has 1 aromatic carbocycles. The number of hydrogen-bond acceptors (Lipinski definition) is 4. The molecule has 0 radical (unpaired) electrons. The highest BCUT2D eigenvalue weighted by Crippen LogP contribution is 2.29. The largest absolute Gasteiger partial charge is 0.487 e. The lowest BCUT2D eigenvalue weighted by Gasteiger charge is -2.13. The monoisotopic (exact) mass is 341 g/mol. The highest BCUT2D eigenvalue weighted by molar-refractivity contribution is 9.10. The number of aliphatic hydroxyl groups is 1. The number of thiazole rings is 1. The molecular weight excluding hydrogens is 326 g/mol. The van der Waals surface area contributed by atoms with Gasteiger partial charge in [-0.1, -0.05) is 22.9 Å². The van der Waals surface area contributed by atoms with Gasteiger partial charge in [0.05, 0.1) is 16.8 Å². The van der Waals surface area contributed by atoms with E-state index in [4.69, 9.17) is 4.74 Å². The van der Waals surface area contributed by atoms with E-state index in [9.17, 15) is 5.11 Å². The minimum Gasteiger partial charge on any atom is -0.487 e. The van der Waals surface area contributed by atoms with Gasteiger partial charge in [-0.2, -0.15) is 0 Å². The Balaban J connectivity index is 2.10. The van der Waals surface area contributed by atoms with Crippen LogP contribution in [0, 0.1) is 0 Å². The number of aromatic nitrogens is 1. The maximum atomic E-state index is 9.75. The molecule has 0 saturated heterocycles. The van der Waals surface area contributed by atoms with E-state index in [1.807, 2.05) is 23.6 Å². The van der Waals surface area contributed by atoms with Gasteiger partial charge in [-0.15, -0.1) is 11.3 Å². The Labute approximate surface area is 125 Å². The van der Waals surface area contributed by atoms with Crippen LogP contribution in [0.2, 0.25) is 0 Å². The van der Waals surface area contributed by atoms with Crippen molar-refractivity contribution >= 4 is 27.3 Å². The van der Waals surface area contributed by atoms with Gasteiger partial charge in [0.15, 0.2) is 0 Å². The minimum atomic E-state index is -0.561. The number of aliphatic hydroxyl groups excluding tert-OH is 1. The zero-order valence-corrected chi connectivity index (χ0v) is 13.3. The van der Waals surface area contributed by atoms with E-state index in [0.29, 0.717) is 12.4 Å². The predicted octanol–water partition coefficient (Wildman–Crippen LogP) is 4.10. The molecular formula is C14H16BrNO2S. The summed E-state index contributed by atoms with van der Waals surface area (Å²) in [4.78, 5) is 4.46. The van der Waals surface area contributed by atoms with Crippen LogP contribution in [-0.4, -0.2) is 10.1 Å². The molecule has 2 rings (SSSR count). The number of hydrogen-bond donors (Lipinski definition) is 1. The van der Waals surface area contributed by atoms with Crippen LogP contribution >= 0.6 is 27.3 Å². The first-order valence-electron chi connectivity index (χ1n) is 6.13. The molecule has 1 aromatic heterocycles. The van der Waals surface area contributed by atoms with Gasteiger partial charge < -0.3 is 9.84 Å². The van der Waals surface area contributed by atoms with E-state index in [2.05, 4.69) is 27.8 Å². The van der Waals surface area contributed by atoms with E-state index < -0.39 is 6.10 Å².